The van der Waals surface area contributed by atoms with E-state index in [2.05, 4.69) is 35.1 Å². The van der Waals surface area contributed by atoms with Gasteiger partial charge in [-0.25, -0.2) is 4.79 Å². The minimum absolute atomic E-state index is 0.152. The zero-order valence-electron chi connectivity index (χ0n) is 17.2. The SMILES string of the molecule is CCNC(=O)Nc1ccc(-c2c(C#N)c3ccc(OCC)cc3n2C(C)C)cc1. The topological polar surface area (TPSA) is 79.1 Å². The summed E-state index contributed by atoms with van der Waals surface area (Å²) in [5.74, 6) is 0.789. The van der Waals surface area contributed by atoms with E-state index in [0.717, 1.165) is 27.9 Å². The first kappa shape index (κ1) is 20.3. The number of urea groups is 1. The molecule has 6 nitrogen and oxygen atoms in total. The number of nitrogens with zero attached hydrogens (tertiary/aromatic N) is 2. The Morgan fingerprint density at radius 2 is 1.90 bits per heavy atom. The number of carbonyl (C=O) groups excluding carboxylic acids is 1. The maximum atomic E-state index is 11.7. The number of anilines is 1. The fraction of sp³-hybridized carbons (Fsp3) is 0.304. The van der Waals surface area contributed by atoms with E-state index >= 15 is 0 Å². The van der Waals surface area contributed by atoms with E-state index in [1.54, 1.807) is 0 Å². The van der Waals surface area contributed by atoms with Crippen LogP contribution in [0.1, 0.15) is 39.3 Å². The molecule has 2 N–H and O–H groups in total. The normalized spacial score (nSPS) is 10.8. The van der Waals surface area contributed by atoms with Crippen molar-refractivity contribution in [2.24, 2.45) is 0 Å². The molecule has 2 amide bonds. The summed E-state index contributed by atoms with van der Waals surface area (Å²) in [6.07, 6.45) is 0. The number of amides is 2. The van der Waals surface area contributed by atoms with Crippen molar-refractivity contribution in [2.45, 2.75) is 33.7 Å². The summed E-state index contributed by atoms with van der Waals surface area (Å²) in [6.45, 7) is 9.17. The number of carbonyl (C=O) groups is 1. The molecule has 2 aromatic carbocycles. The van der Waals surface area contributed by atoms with Gasteiger partial charge in [-0.3, -0.25) is 0 Å². The highest BCUT2D eigenvalue weighted by Crippen LogP contribution is 2.37. The lowest BCUT2D eigenvalue weighted by Gasteiger charge is -2.16. The van der Waals surface area contributed by atoms with Gasteiger partial charge in [-0.1, -0.05) is 12.1 Å². The van der Waals surface area contributed by atoms with Crippen LogP contribution >= 0.6 is 0 Å². The van der Waals surface area contributed by atoms with E-state index in [9.17, 15) is 10.1 Å². The first-order valence-corrected chi connectivity index (χ1v) is 9.86. The number of hydrogen-bond donors (Lipinski definition) is 2. The molecule has 1 aromatic heterocycles. The quantitative estimate of drug-likeness (QED) is 0.599. The second-order valence-electron chi connectivity index (χ2n) is 6.97. The Morgan fingerprint density at radius 1 is 1.17 bits per heavy atom. The molecule has 3 aromatic rings. The summed E-state index contributed by atoms with van der Waals surface area (Å²) < 4.78 is 7.84. The maximum Gasteiger partial charge on any atom is 0.319 e. The van der Waals surface area contributed by atoms with Gasteiger partial charge in [0.15, 0.2) is 0 Å². The third-order valence-electron chi connectivity index (χ3n) is 4.67. The van der Waals surface area contributed by atoms with Crippen molar-refractivity contribution in [3.05, 3.63) is 48.0 Å². The number of nitriles is 1. The molecule has 0 fully saturated rings. The molecule has 1 heterocycles. The number of nitrogens with one attached hydrogen (secondary N) is 2. The highest BCUT2D eigenvalue weighted by molar-refractivity contribution is 5.96. The van der Waals surface area contributed by atoms with Crippen LogP contribution in [0.2, 0.25) is 0 Å². The van der Waals surface area contributed by atoms with Crippen molar-refractivity contribution in [3.8, 4) is 23.1 Å². The monoisotopic (exact) mass is 390 g/mol. The lowest BCUT2D eigenvalue weighted by Crippen LogP contribution is -2.28. The Kier molecular flexibility index (Phi) is 6.08. The largest absolute Gasteiger partial charge is 0.494 e. The van der Waals surface area contributed by atoms with Gasteiger partial charge in [-0.05, 0) is 57.5 Å². The average molecular weight is 390 g/mol. The van der Waals surface area contributed by atoms with Gasteiger partial charge >= 0.3 is 6.03 Å². The van der Waals surface area contributed by atoms with Crippen LogP contribution in [0.5, 0.6) is 5.75 Å². The first-order chi connectivity index (χ1) is 14.0. The smallest absolute Gasteiger partial charge is 0.319 e. The molecule has 0 unspecified atom stereocenters. The maximum absolute atomic E-state index is 11.7. The van der Waals surface area contributed by atoms with Crippen molar-refractivity contribution in [3.63, 3.8) is 0 Å². The lowest BCUT2D eigenvalue weighted by atomic mass is 10.1. The van der Waals surface area contributed by atoms with Crippen LogP contribution in [0.4, 0.5) is 10.5 Å². The van der Waals surface area contributed by atoms with Crippen molar-refractivity contribution in [1.82, 2.24) is 9.88 Å². The second kappa shape index (κ2) is 8.70. The summed E-state index contributed by atoms with van der Waals surface area (Å²) in [6, 6.07) is 15.7. The Balaban J connectivity index is 2.12. The van der Waals surface area contributed by atoms with Gasteiger partial charge in [-0.15, -0.1) is 0 Å². The standard InChI is InChI=1S/C23H26N4O2/c1-5-25-23(28)26-17-9-7-16(8-10-17)22-20(14-24)19-12-11-18(29-6-2)13-21(19)27(22)15(3)4/h7-13,15H,5-6H2,1-4H3,(H2,25,26,28). The van der Waals surface area contributed by atoms with Crippen LogP contribution < -0.4 is 15.4 Å². The molecular weight excluding hydrogens is 364 g/mol. The zero-order chi connectivity index (χ0) is 21.0. The molecule has 0 spiro atoms. The molecule has 0 radical (unpaired) electrons. The predicted molar refractivity (Wildman–Crippen MR) is 116 cm³/mol. The third kappa shape index (κ3) is 4.04. The Bertz CT molecular complexity index is 1060. The van der Waals surface area contributed by atoms with Crippen molar-refractivity contribution >= 4 is 22.6 Å². The highest BCUT2D eigenvalue weighted by Gasteiger charge is 2.21. The first-order valence-electron chi connectivity index (χ1n) is 9.86. The second-order valence-corrected chi connectivity index (χ2v) is 6.97. The van der Waals surface area contributed by atoms with Crippen molar-refractivity contribution in [2.75, 3.05) is 18.5 Å². The molecule has 6 heteroatoms. The van der Waals surface area contributed by atoms with Crippen LogP contribution in [0.15, 0.2) is 42.5 Å². The van der Waals surface area contributed by atoms with E-state index in [1.165, 1.54) is 0 Å². The highest BCUT2D eigenvalue weighted by atomic mass is 16.5. The molecule has 0 aliphatic heterocycles. The number of rotatable bonds is 6. The van der Waals surface area contributed by atoms with Crippen LogP contribution in [-0.2, 0) is 0 Å². The van der Waals surface area contributed by atoms with E-state index < -0.39 is 0 Å². The van der Waals surface area contributed by atoms with E-state index in [0.29, 0.717) is 24.4 Å². The van der Waals surface area contributed by atoms with Crippen molar-refractivity contribution in [1.29, 1.82) is 5.26 Å². The Morgan fingerprint density at radius 3 is 2.48 bits per heavy atom. The number of aromatic nitrogens is 1. The summed E-state index contributed by atoms with van der Waals surface area (Å²) >= 11 is 0. The number of hydrogen-bond acceptors (Lipinski definition) is 3. The summed E-state index contributed by atoms with van der Waals surface area (Å²) in [5.41, 5.74) is 4.11. The molecule has 0 bridgehead atoms. The Labute approximate surface area is 171 Å². The molecule has 3 rings (SSSR count). The summed E-state index contributed by atoms with van der Waals surface area (Å²) in [7, 11) is 0. The van der Waals surface area contributed by atoms with E-state index in [1.807, 2.05) is 56.3 Å². The van der Waals surface area contributed by atoms with Gasteiger partial charge in [0.1, 0.15) is 11.8 Å². The molecule has 0 atom stereocenters. The predicted octanol–water partition coefficient (Wildman–Crippen LogP) is 5.30. The molecule has 0 aliphatic carbocycles. The summed E-state index contributed by atoms with van der Waals surface area (Å²) in [4.78, 5) is 11.7. The lowest BCUT2D eigenvalue weighted by molar-refractivity contribution is 0.252. The van der Waals surface area contributed by atoms with E-state index in [-0.39, 0.29) is 12.1 Å². The van der Waals surface area contributed by atoms with Gasteiger partial charge in [0.2, 0.25) is 0 Å². The number of ether oxygens (including phenoxy) is 1. The average Bonchev–Trinajstić information content (AvgIpc) is 3.02. The van der Waals surface area contributed by atoms with Crippen LogP contribution in [-0.4, -0.2) is 23.7 Å². The van der Waals surface area contributed by atoms with Crippen molar-refractivity contribution < 1.29 is 9.53 Å². The van der Waals surface area contributed by atoms with E-state index in [4.69, 9.17) is 4.74 Å². The number of benzene rings is 2. The Hall–Kier alpha value is -3.46. The van der Waals surface area contributed by atoms with Gasteiger partial charge in [-0.2, -0.15) is 5.26 Å². The van der Waals surface area contributed by atoms with Crippen LogP contribution in [0, 0.1) is 11.3 Å². The molecule has 0 aliphatic rings. The summed E-state index contributed by atoms with van der Waals surface area (Å²) in [5, 5.41) is 16.3. The minimum Gasteiger partial charge on any atom is -0.494 e. The van der Waals surface area contributed by atoms with Gasteiger partial charge in [0, 0.05) is 29.7 Å². The van der Waals surface area contributed by atoms with Gasteiger partial charge < -0.3 is 19.9 Å². The number of fused-ring (bicyclic) bond motifs is 1. The zero-order valence-corrected chi connectivity index (χ0v) is 17.2. The molecule has 0 saturated heterocycles. The van der Waals surface area contributed by atoms with Crippen LogP contribution in [0.3, 0.4) is 0 Å². The van der Waals surface area contributed by atoms with Crippen LogP contribution in [0.25, 0.3) is 22.2 Å². The fourth-order valence-corrected chi connectivity index (χ4v) is 3.53. The third-order valence-corrected chi connectivity index (χ3v) is 4.67. The molecule has 150 valence electrons. The molecular formula is C23H26N4O2. The minimum atomic E-state index is -0.238. The molecule has 29 heavy (non-hydrogen) atoms. The fourth-order valence-electron chi connectivity index (χ4n) is 3.53. The van der Waals surface area contributed by atoms with Gasteiger partial charge in [0.05, 0.1) is 23.4 Å². The molecule has 0 saturated carbocycles. The van der Waals surface area contributed by atoms with Gasteiger partial charge in [0.25, 0.3) is 0 Å².